The van der Waals surface area contributed by atoms with Crippen molar-refractivity contribution in [1.29, 1.82) is 0 Å². The summed E-state index contributed by atoms with van der Waals surface area (Å²) in [4.78, 5) is 22.3. The summed E-state index contributed by atoms with van der Waals surface area (Å²) >= 11 is 1.58. The highest BCUT2D eigenvalue weighted by molar-refractivity contribution is 7.93. The predicted molar refractivity (Wildman–Crippen MR) is 151 cm³/mol. The fourth-order valence-electron chi connectivity index (χ4n) is 3.68. The average Bonchev–Trinajstić information content (AvgIpc) is 3.44. The van der Waals surface area contributed by atoms with E-state index in [-0.39, 0.29) is 19.3 Å². The standard InChI is InChI=1S/C27H29N5O4S2/c1-3-36-27(34)32-38(2,35)22-13-11-20(12-14-22)30-26-28-17-23(24-10-7-15-37-24)25(31-26)29-21(18-33)16-19-8-5-4-6-9-19/h4-15,17,21,33H,3,16,18H2,1-2H3,(H2,28,29,30,31)/t21-,38?/m1/s1. The number of ether oxygens (including phenoxy) is 1. The first-order chi connectivity index (χ1) is 18.4. The largest absolute Gasteiger partial charge is 0.448 e. The van der Waals surface area contributed by atoms with Crippen molar-refractivity contribution in [3.63, 3.8) is 0 Å². The molecule has 38 heavy (non-hydrogen) atoms. The quantitative estimate of drug-likeness (QED) is 0.233. The molecule has 0 bridgehead atoms. The first kappa shape index (κ1) is 27.2. The summed E-state index contributed by atoms with van der Waals surface area (Å²) in [7, 11) is -2.94. The van der Waals surface area contributed by atoms with Crippen molar-refractivity contribution >= 4 is 44.6 Å². The van der Waals surface area contributed by atoms with E-state index in [1.165, 1.54) is 6.26 Å². The molecule has 9 nitrogen and oxygen atoms in total. The first-order valence-electron chi connectivity index (χ1n) is 12.0. The van der Waals surface area contributed by atoms with E-state index in [0.29, 0.717) is 28.8 Å². The van der Waals surface area contributed by atoms with Crippen LogP contribution in [0.5, 0.6) is 0 Å². The summed E-state index contributed by atoms with van der Waals surface area (Å²) in [6, 6.07) is 20.4. The van der Waals surface area contributed by atoms with E-state index in [2.05, 4.69) is 20.0 Å². The third kappa shape index (κ3) is 7.15. The van der Waals surface area contributed by atoms with Crippen LogP contribution in [-0.4, -0.2) is 50.9 Å². The van der Waals surface area contributed by atoms with E-state index in [0.717, 1.165) is 16.0 Å². The van der Waals surface area contributed by atoms with E-state index in [1.807, 2.05) is 47.8 Å². The third-order valence-electron chi connectivity index (χ3n) is 5.53. The molecule has 2 aromatic carbocycles. The van der Waals surface area contributed by atoms with Crippen LogP contribution in [-0.2, 0) is 20.9 Å². The summed E-state index contributed by atoms with van der Waals surface area (Å²) in [5, 5.41) is 18.6. The van der Waals surface area contributed by atoms with Crippen molar-refractivity contribution in [2.45, 2.75) is 24.3 Å². The number of rotatable bonds is 10. The molecule has 2 atom stereocenters. The van der Waals surface area contributed by atoms with Gasteiger partial charge >= 0.3 is 6.09 Å². The average molecular weight is 552 g/mol. The zero-order chi connectivity index (χ0) is 27.0. The summed E-state index contributed by atoms with van der Waals surface area (Å²) in [6.45, 7) is 1.75. The molecule has 11 heteroatoms. The fourth-order valence-corrected chi connectivity index (χ4v) is 5.50. The van der Waals surface area contributed by atoms with Gasteiger partial charge < -0.3 is 20.5 Å². The lowest BCUT2D eigenvalue weighted by molar-refractivity contribution is 0.164. The van der Waals surface area contributed by atoms with Crippen LogP contribution in [0.15, 0.2) is 87.6 Å². The summed E-state index contributed by atoms with van der Waals surface area (Å²) in [6.07, 6.45) is 2.91. The normalized spacial score (nSPS) is 13.2. The lowest BCUT2D eigenvalue weighted by atomic mass is 10.1. The van der Waals surface area contributed by atoms with Gasteiger partial charge in [-0.05, 0) is 54.6 Å². The van der Waals surface area contributed by atoms with Crippen molar-refractivity contribution in [2.75, 3.05) is 30.1 Å². The van der Waals surface area contributed by atoms with Gasteiger partial charge in [-0.15, -0.1) is 15.7 Å². The molecule has 0 spiro atoms. The Hall–Kier alpha value is -3.80. The number of aliphatic hydroxyl groups is 1. The number of amides is 1. The molecule has 0 radical (unpaired) electrons. The first-order valence-corrected chi connectivity index (χ1v) is 14.8. The number of nitrogens with zero attached hydrogens (tertiary/aromatic N) is 3. The number of hydrogen-bond acceptors (Lipinski definition) is 9. The molecule has 0 aliphatic carbocycles. The Kier molecular flexibility index (Phi) is 9.06. The molecular weight excluding hydrogens is 522 g/mol. The Morgan fingerprint density at radius 3 is 2.55 bits per heavy atom. The molecule has 198 valence electrons. The zero-order valence-electron chi connectivity index (χ0n) is 21.0. The summed E-state index contributed by atoms with van der Waals surface area (Å²) in [5.74, 6) is 0.951. The van der Waals surface area contributed by atoms with Gasteiger partial charge in [-0.1, -0.05) is 36.4 Å². The number of benzene rings is 2. The molecule has 3 N–H and O–H groups in total. The van der Waals surface area contributed by atoms with E-state index in [9.17, 15) is 14.1 Å². The van der Waals surface area contributed by atoms with Crippen LogP contribution >= 0.6 is 11.3 Å². The number of aliphatic hydroxyl groups excluding tert-OH is 1. The minimum atomic E-state index is -2.94. The second-order valence-electron chi connectivity index (χ2n) is 8.39. The second kappa shape index (κ2) is 12.6. The zero-order valence-corrected chi connectivity index (χ0v) is 22.7. The Balaban J connectivity index is 1.57. The number of aromatic nitrogens is 2. The van der Waals surface area contributed by atoms with Crippen LogP contribution in [0.3, 0.4) is 0 Å². The van der Waals surface area contributed by atoms with E-state index < -0.39 is 15.8 Å². The van der Waals surface area contributed by atoms with E-state index in [4.69, 9.17) is 9.72 Å². The molecule has 0 saturated carbocycles. The van der Waals surface area contributed by atoms with Gasteiger partial charge in [0, 0.05) is 27.9 Å². The fraction of sp³-hybridized carbons (Fsp3) is 0.222. The van der Waals surface area contributed by atoms with Gasteiger partial charge in [0.1, 0.15) is 5.82 Å². The Bertz CT molecular complexity index is 1470. The molecule has 0 fully saturated rings. The third-order valence-corrected chi connectivity index (χ3v) is 8.07. The van der Waals surface area contributed by atoms with Crippen molar-refractivity contribution < 1.29 is 18.8 Å². The number of anilines is 3. The second-order valence-corrected chi connectivity index (χ2v) is 11.6. The highest BCUT2D eigenvalue weighted by Gasteiger charge is 2.16. The minimum Gasteiger partial charge on any atom is -0.448 e. The van der Waals surface area contributed by atoms with Crippen LogP contribution in [0.4, 0.5) is 22.2 Å². The smallest absolute Gasteiger partial charge is 0.442 e. The molecule has 4 rings (SSSR count). The summed E-state index contributed by atoms with van der Waals surface area (Å²) in [5.41, 5.74) is 2.60. The molecular formula is C27H29N5O4S2. The molecule has 0 aliphatic rings. The highest BCUT2D eigenvalue weighted by Crippen LogP contribution is 2.31. The van der Waals surface area contributed by atoms with Crippen LogP contribution in [0.1, 0.15) is 12.5 Å². The number of hydrogen-bond donors (Lipinski definition) is 3. The van der Waals surface area contributed by atoms with Crippen molar-refractivity contribution in [2.24, 2.45) is 4.36 Å². The van der Waals surface area contributed by atoms with Crippen LogP contribution in [0, 0.1) is 0 Å². The Morgan fingerprint density at radius 2 is 1.89 bits per heavy atom. The van der Waals surface area contributed by atoms with Crippen molar-refractivity contribution in [1.82, 2.24) is 9.97 Å². The summed E-state index contributed by atoms with van der Waals surface area (Å²) < 4.78 is 21.3. The topological polar surface area (TPSA) is 126 Å². The maximum Gasteiger partial charge on any atom is 0.442 e. The molecule has 0 saturated heterocycles. The van der Waals surface area contributed by atoms with Crippen LogP contribution < -0.4 is 10.6 Å². The van der Waals surface area contributed by atoms with Gasteiger partial charge in [0.2, 0.25) is 5.95 Å². The highest BCUT2D eigenvalue weighted by atomic mass is 32.2. The predicted octanol–water partition coefficient (Wildman–Crippen LogP) is 5.58. The maximum absolute atomic E-state index is 12.9. The Labute approximate surface area is 226 Å². The molecule has 2 aromatic heterocycles. The molecule has 1 amide bonds. The SMILES string of the molecule is CCOC(=O)N=S(C)(=O)c1ccc(Nc2ncc(-c3cccs3)c(N[C@@H](CO)Cc3ccccc3)n2)cc1. The molecule has 4 aromatic rings. The van der Waals surface area contributed by atoms with Gasteiger partial charge in [0.05, 0.1) is 34.5 Å². The van der Waals surface area contributed by atoms with Gasteiger partial charge in [-0.25, -0.2) is 14.0 Å². The maximum atomic E-state index is 12.9. The van der Waals surface area contributed by atoms with E-state index >= 15 is 0 Å². The van der Waals surface area contributed by atoms with Crippen LogP contribution in [0.25, 0.3) is 10.4 Å². The molecule has 2 heterocycles. The molecule has 1 unspecified atom stereocenters. The number of carbonyl (C=O) groups excluding carboxylic acids is 1. The monoisotopic (exact) mass is 551 g/mol. The Morgan fingerprint density at radius 1 is 1.13 bits per heavy atom. The molecule has 0 aliphatic heterocycles. The van der Waals surface area contributed by atoms with Crippen LogP contribution in [0.2, 0.25) is 0 Å². The van der Waals surface area contributed by atoms with Crippen molar-refractivity contribution in [3.05, 3.63) is 83.9 Å². The van der Waals surface area contributed by atoms with Gasteiger partial charge in [0.25, 0.3) is 0 Å². The minimum absolute atomic E-state index is 0.0693. The number of nitrogens with one attached hydrogen (secondary N) is 2. The lowest BCUT2D eigenvalue weighted by Crippen LogP contribution is -2.27. The van der Waals surface area contributed by atoms with E-state index in [1.54, 1.807) is 48.7 Å². The van der Waals surface area contributed by atoms with Crippen molar-refractivity contribution in [3.8, 4) is 10.4 Å². The van der Waals surface area contributed by atoms with Gasteiger partial charge in [0.15, 0.2) is 0 Å². The lowest BCUT2D eigenvalue weighted by Gasteiger charge is -2.19. The number of carbonyl (C=O) groups is 1. The van der Waals surface area contributed by atoms with Gasteiger partial charge in [-0.3, -0.25) is 0 Å². The van der Waals surface area contributed by atoms with Gasteiger partial charge in [-0.2, -0.15) is 4.98 Å². The number of thiophene rings is 1.